The summed E-state index contributed by atoms with van der Waals surface area (Å²) in [6.45, 7) is 8.40. The van der Waals surface area contributed by atoms with Crippen LogP contribution in [0.15, 0.2) is 18.2 Å². The standard InChI is InChI=1S/C19H22ClN5O3/c1-12-13(2)21-14(3)22-18(12)23-7-4-8-24(10-9-23)19(26)16-6-5-15(25(27)28)11-17(16)20/h5-6,11H,4,7-10H2,1-3H3. The number of halogens is 1. The Morgan fingerprint density at radius 1 is 1.14 bits per heavy atom. The Bertz CT molecular complexity index is 934. The number of benzene rings is 1. The molecule has 1 aliphatic rings. The summed E-state index contributed by atoms with van der Waals surface area (Å²) in [6, 6.07) is 3.94. The van der Waals surface area contributed by atoms with Crippen molar-refractivity contribution < 1.29 is 9.72 Å². The highest BCUT2D eigenvalue weighted by Gasteiger charge is 2.24. The number of nitro groups is 1. The van der Waals surface area contributed by atoms with Crippen LogP contribution in [0.3, 0.4) is 0 Å². The fraction of sp³-hybridized carbons (Fsp3) is 0.421. The molecule has 0 bridgehead atoms. The zero-order valence-electron chi connectivity index (χ0n) is 16.1. The van der Waals surface area contributed by atoms with Crippen molar-refractivity contribution in [2.24, 2.45) is 0 Å². The zero-order chi connectivity index (χ0) is 20.4. The van der Waals surface area contributed by atoms with Crippen molar-refractivity contribution in [1.29, 1.82) is 0 Å². The minimum Gasteiger partial charge on any atom is -0.354 e. The molecule has 1 aromatic carbocycles. The van der Waals surface area contributed by atoms with Crippen LogP contribution in [0, 0.1) is 30.9 Å². The molecule has 0 aliphatic carbocycles. The maximum absolute atomic E-state index is 12.9. The first-order valence-corrected chi connectivity index (χ1v) is 9.45. The van der Waals surface area contributed by atoms with Gasteiger partial charge in [-0.05, 0) is 33.3 Å². The van der Waals surface area contributed by atoms with Crippen LogP contribution in [0.25, 0.3) is 0 Å². The van der Waals surface area contributed by atoms with E-state index in [1.807, 2.05) is 20.8 Å². The first-order chi connectivity index (χ1) is 13.3. The van der Waals surface area contributed by atoms with E-state index < -0.39 is 4.92 Å². The topological polar surface area (TPSA) is 92.5 Å². The summed E-state index contributed by atoms with van der Waals surface area (Å²) in [5, 5.41) is 11.0. The number of carbonyl (C=O) groups is 1. The molecule has 1 amide bonds. The van der Waals surface area contributed by atoms with Crippen molar-refractivity contribution in [3.63, 3.8) is 0 Å². The minimum absolute atomic E-state index is 0.0956. The third-order valence-electron chi connectivity index (χ3n) is 4.95. The van der Waals surface area contributed by atoms with E-state index in [0.29, 0.717) is 19.6 Å². The van der Waals surface area contributed by atoms with Gasteiger partial charge in [-0.1, -0.05) is 11.6 Å². The second-order valence-electron chi connectivity index (χ2n) is 6.86. The number of aromatic nitrogens is 2. The van der Waals surface area contributed by atoms with Crippen LogP contribution in [-0.4, -0.2) is 51.9 Å². The zero-order valence-corrected chi connectivity index (χ0v) is 16.9. The molecular weight excluding hydrogens is 382 g/mol. The number of hydrogen-bond acceptors (Lipinski definition) is 6. The summed E-state index contributed by atoms with van der Waals surface area (Å²) in [6.07, 6.45) is 0.790. The first-order valence-electron chi connectivity index (χ1n) is 9.08. The summed E-state index contributed by atoms with van der Waals surface area (Å²) in [7, 11) is 0. The normalized spacial score (nSPS) is 14.7. The van der Waals surface area contributed by atoms with Crippen LogP contribution in [0.1, 0.15) is 33.9 Å². The van der Waals surface area contributed by atoms with Crippen LogP contribution in [0.4, 0.5) is 11.5 Å². The summed E-state index contributed by atoms with van der Waals surface area (Å²) in [4.78, 5) is 36.1. The molecule has 9 heteroatoms. The molecule has 28 heavy (non-hydrogen) atoms. The Balaban J connectivity index is 1.77. The summed E-state index contributed by atoms with van der Waals surface area (Å²) in [5.74, 6) is 1.43. The number of aryl methyl sites for hydroxylation is 2. The van der Waals surface area contributed by atoms with Crippen LogP contribution >= 0.6 is 11.6 Å². The van der Waals surface area contributed by atoms with Crippen molar-refractivity contribution in [2.45, 2.75) is 27.2 Å². The van der Waals surface area contributed by atoms with Crippen LogP contribution in [0.2, 0.25) is 5.02 Å². The Hall–Kier alpha value is -2.74. The maximum atomic E-state index is 12.9. The van der Waals surface area contributed by atoms with Crippen molar-refractivity contribution >= 4 is 29.0 Å². The van der Waals surface area contributed by atoms with Crippen LogP contribution in [0.5, 0.6) is 0 Å². The number of nitro benzene ring substituents is 1. The molecule has 1 aliphatic heterocycles. The van der Waals surface area contributed by atoms with E-state index in [1.54, 1.807) is 4.90 Å². The van der Waals surface area contributed by atoms with Gasteiger partial charge in [0.1, 0.15) is 11.6 Å². The lowest BCUT2D eigenvalue weighted by Crippen LogP contribution is -2.35. The van der Waals surface area contributed by atoms with Gasteiger partial charge in [-0.2, -0.15) is 0 Å². The van der Waals surface area contributed by atoms with Gasteiger partial charge in [0, 0.05) is 49.6 Å². The van der Waals surface area contributed by atoms with Gasteiger partial charge in [0.25, 0.3) is 11.6 Å². The van der Waals surface area contributed by atoms with Gasteiger partial charge in [0.15, 0.2) is 0 Å². The van der Waals surface area contributed by atoms with E-state index in [9.17, 15) is 14.9 Å². The molecule has 0 unspecified atom stereocenters. The highest BCUT2D eigenvalue weighted by Crippen LogP contribution is 2.25. The second kappa shape index (κ2) is 8.10. The van der Waals surface area contributed by atoms with Gasteiger partial charge >= 0.3 is 0 Å². The van der Waals surface area contributed by atoms with E-state index in [2.05, 4.69) is 14.9 Å². The van der Waals surface area contributed by atoms with Crippen molar-refractivity contribution in [1.82, 2.24) is 14.9 Å². The van der Waals surface area contributed by atoms with E-state index in [4.69, 9.17) is 11.6 Å². The lowest BCUT2D eigenvalue weighted by Gasteiger charge is -2.25. The van der Waals surface area contributed by atoms with Crippen molar-refractivity contribution in [2.75, 3.05) is 31.1 Å². The van der Waals surface area contributed by atoms with Gasteiger partial charge in [0.05, 0.1) is 15.5 Å². The maximum Gasteiger partial charge on any atom is 0.270 e. The molecule has 1 aromatic heterocycles. The average molecular weight is 404 g/mol. The van der Waals surface area contributed by atoms with E-state index >= 15 is 0 Å². The Morgan fingerprint density at radius 2 is 1.89 bits per heavy atom. The average Bonchev–Trinajstić information content (AvgIpc) is 2.90. The Labute approximate surface area is 168 Å². The van der Waals surface area contributed by atoms with Gasteiger partial charge in [-0.25, -0.2) is 9.97 Å². The third-order valence-corrected chi connectivity index (χ3v) is 5.26. The molecule has 148 valence electrons. The Morgan fingerprint density at radius 3 is 2.57 bits per heavy atom. The number of hydrogen-bond donors (Lipinski definition) is 0. The van der Waals surface area contributed by atoms with E-state index in [-0.39, 0.29) is 22.2 Å². The summed E-state index contributed by atoms with van der Waals surface area (Å²) < 4.78 is 0. The summed E-state index contributed by atoms with van der Waals surface area (Å²) in [5.41, 5.74) is 2.15. The van der Waals surface area contributed by atoms with Gasteiger partial charge in [-0.3, -0.25) is 14.9 Å². The highest BCUT2D eigenvalue weighted by molar-refractivity contribution is 6.34. The molecule has 0 radical (unpaired) electrons. The number of nitrogens with zero attached hydrogens (tertiary/aromatic N) is 5. The highest BCUT2D eigenvalue weighted by atomic mass is 35.5. The van der Waals surface area contributed by atoms with Gasteiger partial charge in [0.2, 0.25) is 0 Å². The van der Waals surface area contributed by atoms with Crippen LogP contribution < -0.4 is 4.90 Å². The monoisotopic (exact) mass is 403 g/mol. The first kappa shape index (κ1) is 20.0. The lowest BCUT2D eigenvalue weighted by molar-refractivity contribution is -0.384. The minimum atomic E-state index is -0.530. The largest absolute Gasteiger partial charge is 0.354 e. The SMILES string of the molecule is Cc1nc(C)c(C)c(N2CCCN(C(=O)c3ccc([N+](=O)[O-])cc3Cl)CC2)n1. The molecule has 0 N–H and O–H groups in total. The molecule has 3 rings (SSSR count). The van der Waals surface area contributed by atoms with E-state index in [1.165, 1.54) is 18.2 Å². The third kappa shape index (κ3) is 4.06. The number of rotatable bonds is 3. The van der Waals surface area contributed by atoms with E-state index in [0.717, 1.165) is 35.9 Å². The molecule has 2 heterocycles. The Kier molecular flexibility index (Phi) is 5.79. The number of non-ortho nitro benzene ring substituents is 1. The van der Waals surface area contributed by atoms with Crippen molar-refractivity contribution in [3.05, 3.63) is 56.0 Å². The molecular formula is C19H22ClN5O3. The molecule has 2 aromatic rings. The molecule has 1 fully saturated rings. The molecule has 1 saturated heterocycles. The summed E-state index contributed by atoms with van der Waals surface area (Å²) >= 11 is 6.13. The fourth-order valence-corrected chi connectivity index (χ4v) is 3.61. The predicted molar refractivity (Wildman–Crippen MR) is 107 cm³/mol. The molecule has 8 nitrogen and oxygen atoms in total. The molecule has 0 atom stereocenters. The van der Waals surface area contributed by atoms with Gasteiger partial charge < -0.3 is 9.80 Å². The fourth-order valence-electron chi connectivity index (χ4n) is 3.35. The number of amides is 1. The number of anilines is 1. The number of carbonyl (C=O) groups excluding carboxylic acids is 1. The lowest BCUT2D eigenvalue weighted by atomic mass is 10.1. The smallest absolute Gasteiger partial charge is 0.270 e. The quantitative estimate of drug-likeness (QED) is 0.576. The van der Waals surface area contributed by atoms with Crippen LogP contribution in [-0.2, 0) is 0 Å². The second-order valence-corrected chi connectivity index (χ2v) is 7.27. The molecule has 0 spiro atoms. The van der Waals surface area contributed by atoms with Gasteiger partial charge in [-0.15, -0.1) is 0 Å². The predicted octanol–water partition coefficient (Wildman–Crippen LogP) is 3.32. The van der Waals surface area contributed by atoms with Crippen molar-refractivity contribution in [3.8, 4) is 0 Å². The molecule has 0 saturated carbocycles.